The Morgan fingerprint density at radius 3 is 2.11 bits per heavy atom. The fourth-order valence-electron chi connectivity index (χ4n) is 1.39. The van der Waals surface area contributed by atoms with Crippen LogP contribution in [0.25, 0.3) is 0 Å². The summed E-state index contributed by atoms with van der Waals surface area (Å²) in [6.07, 6.45) is 6.06. The Labute approximate surface area is 114 Å². The van der Waals surface area contributed by atoms with E-state index in [9.17, 15) is 9.36 Å². The van der Waals surface area contributed by atoms with E-state index in [1.165, 1.54) is 0 Å². The second-order valence-electron chi connectivity index (χ2n) is 4.04. The van der Waals surface area contributed by atoms with Crippen LogP contribution in [0.2, 0.25) is 0 Å². The van der Waals surface area contributed by atoms with Gasteiger partial charge in [0, 0.05) is 6.08 Å². The molecule has 0 bridgehead atoms. The van der Waals surface area contributed by atoms with Crippen LogP contribution in [0.5, 0.6) is 0 Å². The summed E-state index contributed by atoms with van der Waals surface area (Å²) in [5.74, 6) is -0.981. The normalized spacial score (nSPS) is 12.2. The fraction of sp³-hybridized carbons (Fsp3) is 0.750. The van der Waals surface area contributed by atoms with Crippen LogP contribution in [-0.2, 0) is 13.9 Å². The lowest BCUT2D eigenvalue weighted by atomic mass is 10.1. The Morgan fingerprint density at radius 1 is 1.26 bits per heavy atom. The van der Waals surface area contributed by atoms with Gasteiger partial charge < -0.3 is 14.9 Å². The third kappa shape index (κ3) is 19.8. The van der Waals surface area contributed by atoms with Crippen molar-refractivity contribution >= 4 is 13.8 Å². The quantitative estimate of drug-likeness (QED) is 0.343. The van der Waals surface area contributed by atoms with Gasteiger partial charge in [-0.3, -0.25) is 4.52 Å². The number of carboxylic acid groups (broad SMARTS) is 1. The van der Waals surface area contributed by atoms with Crippen molar-refractivity contribution in [2.24, 2.45) is 0 Å². The van der Waals surface area contributed by atoms with Gasteiger partial charge in [0.05, 0.1) is 6.10 Å². The van der Waals surface area contributed by atoms with Crippen molar-refractivity contribution in [2.45, 2.75) is 58.5 Å². The highest BCUT2D eigenvalue weighted by Gasteiger charge is 2.20. The molecular formula is C12H25O6P. The molecule has 19 heavy (non-hydrogen) atoms. The maximum absolute atomic E-state index is 10.6. The Bertz CT molecular complexity index is 286. The van der Waals surface area contributed by atoms with Crippen molar-refractivity contribution in [3.05, 3.63) is 12.7 Å². The standard InChI is InChI=1S/C9H21O4P.C3H4O2/c1-3-5-6-8-9(7-4-2)13-14(10,11)12;1-2-3(4)5/h9H,3-8H2,1-2H3,(H2,10,11,12);2H,1H2,(H,4,5). The highest BCUT2D eigenvalue weighted by Crippen LogP contribution is 2.39. The van der Waals surface area contributed by atoms with Crippen molar-refractivity contribution in [3.63, 3.8) is 0 Å². The first-order valence-electron chi connectivity index (χ1n) is 6.36. The zero-order valence-electron chi connectivity index (χ0n) is 11.6. The molecule has 0 heterocycles. The molecule has 7 heteroatoms. The number of unbranched alkanes of at least 4 members (excludes halogenated alkanes) is 2. The maximum atomic E-state index is 10.6. The molecule has 0 aromatic rings. The van der Waals surface area contributed by atoms with Gasteiger partial charge in [-0.1, -0.05) is 46.1 Å². The highest BCUT2D eigenvalue weighted by molar-refractivity contribution is 7.46. The molecule has 0 aromatic carbocycles. The van der Waals surface area contributed by atoms with E-state index in [1.807, 2.05) is 6.92 Å². The average Bonchev–Trinajstić information content (AvgIpc) is 2.28. The predicted molar refractivity (Wildman–Crippen MR) is 73.8 cm³/mol. The van der Waals surface area contributed by atoms with Crippen molar-refractivity contribution in [2.75, 3.05) is 0 Å². The van der Waals surface area contributed by atoms with Crippen LogP contribution in [0.4, 0.5) is 0 Å². The maximum Gasteiger partial charge on any atom is 0.469 e. The summed E-state index contributed by atoms with van der Waals surface area (Å²) in [6.45, 7) is 7.04. The molecule has 0 fully saturated rings. The van der Waals surface area contributed by atoms with Crippen LogP contribution in [-0.4, -0.2) is 27.0 Å². The van der Waals surface area contributed by atoms with Crippen LogP contribution < -0.4 is 0 Å². The monoisotopic (exact) mass is 296 g/mol. The molecule has 0 amide bonds. The second-order valence-corrected chi connectivity index (χ2v) is 5.24. The molecule has 0 saturated carbocycles. The van der Waals surface area contributed by atoms with Crippen molar-refractivity contribution in [3.8, 4) is 0 Å². The summed E-state index contributed by atoms with van der Waals surface area (Å²) in [7, 11) is -4.30. The van der Waals surface area contributed by atoms with Gasteiger partial charge in [0.25, 0.3) is 0 Å². The first-order chi connectivity index (χ1) is 8.76. The molecule has 0 saturated heterocycles. The second kappa shape index (κ2) is 12.4. The Balaban J connectivity index is 0. The first-order valence-corrected chi connectivity index (χ1v) is 7.89. The molecule has 0 spiro atoms. The van der Waals surface area contributed by atoms with Gasteiger partial charge in [0.2, 0.25) is 0 Å². The number of phosphoric ester groups is 1. The van der Waals surface area contributed by atoms with Crippen LogP contribution in [0, 0.1) is 0 Å². The largest absolute Gasteiger partial charge is 0.478 e. The average molecular weight is 296 g/mol. The fourth-order valence-corrected chi connectivity index (χ4v) is 1.99. The van der Waals surface area contributed by atoms with Gasteiger partial charge in [-0.05, 0) is 12.8 Å². The van der Waals surface area contributed by atoms with E-state index in [2.05, 4.69) is 13.5 Å². The molecule has 1 unspecified atom stereocenters. The minimum Gasteiger partial charge on any atom is -0.478 e. The van der Waals surface area contributed by atoms with E-state index in [1.54, 1.807) is 0 Å². The van der Waals surface area contributed by atoms with Crippen LogP contribution in [0.1, 0.15) is 52.4 Å². The zero-order chi connectivity index (χ0) is 15.3. The van der Waals surface area contributed by atoms with Crippen molar-refractivity contribution in [1.82, 2.24) is 0 Å². The van der Waals surface area contributed by atoms with Crippen molar-refractivity contribution in [1.29, 1.82) is 0 Å². The number of hydrogen-bond donors (Lipinski definition) is 3. The predicted octanol–water partition coefficient (Wildman–Crippen LogP) is 3.10. The summed E-state index contributed by atoms with van der Waals surface area (Å²) in [4.78, 5) is 26.6. The molecule has 0 aliphatic rings. The third-order valence-electron chi connectivity index (χ3n) is 2.20. The molecule has 6 nitrogen and oxygen atoms in total. The minimum atomic E-state index is -4.30. The molecule has 0 aromatic heterocycles. The van der Waals surface area contributed by atoms with Crippen molar-refractivity contribution < 1.29 is 28.8 Å². The Morgan fingerprint density at radius 2 is 1.79 bits per heavy atom. The number of rotatable bonds is 9. The Hall–Kier alpha value is -0.680. The molecule has 0 radical (unpaired) electrons. The van der Waals surface area contributed by atoms with Crippen LogP contribution in [0.3, 0.4) is 0 Å². The first kappa shape index (κ1) is 20.6. The van der Waals surface area contributed by atoms with Crippen LogP contribution in [0.15, 0.2) is 12.7 Å². The lowest BCUT2D eigenvalue weighted by Gasteiger charge is -2.17. The SMILES string of the molecule is C=CC(=O)O.CCCCCC(CCC)OP(=O)(O)O. The van der Waals surface area contributed by atoms with Gasteiger partial charge in [0.1, 0.15) is 0 Å². The molecule has 0 aliphatic heterocycles. The van der Waals surface area contributed by atoms with E-state index >= 15 is 0 Å². The molecule has 1 atom stereocenters. The molecule has 0 rings (SSSR count). The van der Waals surface area contributed by atoms with E-state index < -0.39 is 13.8 Å². The zero-order valence-corrected chi connectivity index (χ0v) is 12.5. The topological polar surface area (TPSA) is 104 Å². The number of aliphatic carboxylic acids is 1. The van der Waals surface area contributed by atoms with E-state index in [0.717, 1.165) is 44.6 Å². The summed E-state index contributed by atoms with van der Waals surface area (Å²) in [5.41, 5.74) is 0. The molecule has 114 valence electrons. The van der Waals surface area contributed by atoms with Gasteiger partial charge in [-0.15, -0.1) is 0 Å². The van der Waals surface area contributed by atoms with Gasteiger partial charge in [0.15, 0.2) is 0 Å². The lowest BCUT2D eigenvalue weighted by molar-refractivity contribution is -0.131. The van der Waals surface area contributed by atoms with Gasteiger partial charge in [-0.2, -0.15) is 0 Å². The molecule has 0 aliphatic carbocycles. The molecular weight excluding hydrogens is 271 g/mol. The Kier molecular flexibility index (Phi) is 13.4. The number of hydrogen-bond acceptors (Lipinski definition) is 3. The van der Waals surface area contributed by atoms with Gasteiger partial charge in [-0.25, -0.2) is 9.36 Å². The number of carbonyl (C=O) groups is 1. The lowest BCUT2D eigenvalue weighted by Crippen LogP contribution is -2.10. The van der Waals surface area contributed by atoms with E-state index in [0.29, 0.717) is 0 Å². The number of phosphoric acid groups is 1. The summed E-state index contributed by atoms with van der Waals surface area (Å²) in [6, 6.07) is 0. The third-order valence-corrected chi connectivity index (χ3v) is 2.77. The van der Waals surface area contributed by atoms with Gasteiger partial charge >= 0.3 is 13.8 Å². The summed E-state index contributed by atoms with van der Waals surface area (Å²) < 4.78 is 15.3. The van der Waals surface area contributed by atoms with E-state index in [-0.39, 0.29) is 6.10 Å². The minimum absolute atomic E-state index is 0.285. The van der Waals surface area contributed by atoms with Crippen LogP contribution >= 0.6 is 7.82 Å². The number of carboxylic acids is 1. The van der Waals surface area contributed by atoms with E-state index in [4.69, 9.17) is 19.4 Å². The molecule has 3 N–H and O–H groups in total. The highest BCUT2D eigenvalue weighted by atomic mass is 31.2. The summed E-state index contributed by atoms with van der Waals surface area (Å²) >= 11 is 0. The summed E-state index contributed by atoms with van der Waals surface area (Å²) in [5, 5.41) is 7.60. The smallest absolute Gasteiger partial charge is 0.469 e.